The summed E-state index contributed by atoms with van der Waals surface area (Å²) < 4.78 is 18.2. The number of rotatable bonds is 9. The standard InChI is InChI=1S/C17H25NO4/c1-4-18-14-11-7-9-13(16(14)22-17(18)19)10-8-12-15(20-5-2)21-6-3/h7,9,11,15H,4-6,8,10,12H2,1-3H3. The molecule has 5 heteroatoms. The molecule has 0 bridgehead atoms. The largest absolute Gasteiger partial charge is 0.419 e. The summed E-state index contributed by atoms with van der Waals surface area (Å²) in [6.45, 7) is 7.79. The highest BCUT2D eigenvalue weighted by atomic mass is 16.7. The summed E-state index contributed by atoms with van der Waals surface area (Å²) in [5, 5.41) is 0. The van der Waals surface area contributed by atoms with Crippen LogP contribution in [0.15, 0.2) is 27.4 Å². The van der Waals surface area contributed by atoms with Crippen molar-refractivity contribution in [2.24, 2.45) is 0 Å². The van der Waals surface area contributed by atoms with Crippen molar-refractivity contribution < 1.29 is 13.9 Å². The molecule has 0 aliphatic rings. The number of oxazole rings is 1. The lowest BCUT2D eigenvalue weighted by molar-refractivity contribution is -0.139. The highest BCUT2D eigenvalue weighted by molar-refractivity contribution is 5.76. The quantitative estimate of drug-likeness (QED) is 0.667. The fourth-order valence-electron chi connectivity index (χ4n) is 2.68. The predicted molar refractivity (Wildman–Crippen MR) is 86.1 cm³/mol. The molecule has 5 nitrogen and oxygen atoms in total. The van der Waals surface area contributed by atoms with E-state index in [4.69, 9.17) is 13.9 Å². The second-order valence-corrected chi connectivity index (χ2v) is 5.11. The lowest BCUT2D eigenvalue weighted by Crippen LogP contribution is -2.17. The third-order valence-electron chi connectivity index (χ3n) is 3.68. The van der Waals surface area contributed by atoms with Gasteiger partial charge in [-0.2, -0.15) is 0 Å². The summed E-state index contributed by atoms with van der Waals surface area (Å²) in [6.07, 6.45) is 2.44. The highest BCUT2D eigenvalue weighted by Gasteiger charge is 2.13. The Morgan fingerprint density at radius 2 is 1.91 bits per heavy atom. The number of fused-ring (bicyclic) bond motifs is 1. The van der Waals surface area contributed by atoms with Crippen LogP contribution >= 0.6 is 0 Å². The second kappa shape index (κ2) is 8.15. The molecule has 0 saturated carbocycles. The van der Waals surface area contributed by atoms with Gasteiger partial charge < -0.3 is 13.9 Å². The van der Waals surface area contributed by atoms with Crippen LogP contribution in [0.2, 0.25) is 0 Å². The number of para-hydroxylation sites is 1. The van der Waals surface area contributed by atoms with E-state index in [2.05, 4.69) is 0 Å². The summed E-state index contributed by atoms with van der Waals surface area (Å²) in [6, 6.07) is 5.92. The van der Waals surface area contributed by atoms with E-state index in [0.29, 0.717) is 25.3 Å². The Morgan fingerprint density at radius 3 is 2.55 bits per heavy atom. The van der Waals surface area contributed by atoms with Crippen LogP contribution < -0.4 is 5.76 Å². The molecule has 0 fully saturated rings. The van der Waals surface area contributed by atoms with Crippen LogP contribution in [-0.4, -0.2) is 24.1 Å². The lowest BCUT2D eigenvalue weighted by atomic mass is 10.1. The number of hydrogen-bond acceptors (Lipinski definition) is 4. The molecule has 0 radical (unpaired) electrons. The van der Waals surface area contributed by atoms with Gasteiger partial charge in [0.05, 0.1) is 5.52 Å². The van der Waals surface area contributed by atoms with Crippen LogP contribution in [-0.2, 0) is 22.4 Å². The molecule has 1 aromatic heterocycles. The van der Waals surface area contributed by atoms with Crippen LogP contribution in [0.3, 0.4) is 0 Å². The molecule has 1 heterocycles. The molecule has 0 unspecified atom stereocenters. The molecular formula is C17H25NO4. The summed E-state index contributed by atoms with van der Waals surface area (Å²) in [7, 11) is 0. The Kier molecular flexibility index (Phi) is 6.21. The molecule has 0 N–H and O–H groups in total. The van der Waals surface area contributed by atoms with Crippen molar-refractivity contribution in [3.63, 3.8) is 0 Å². The number of benzene rings is 1. The van der Waals surface area contributed by atoms with E-state index in [1.807, 2.05) is 39.0 Å². The number of ether oxygens (including phenoxy) is 2. The molecule has 0 amide bonds. The fourth-order valence-corrected chi connectivity index (χ4v) is 2.68. The van der Waals surface area contributed by atoms with Crippen molar-refractivity contribution in [2.45, 2.75) is 52.9 Å². The van der Waals surface area contributed by atoms with Gasteiger partial charge in [0, 0.05) is 19.8 Å². The average molecular weight is 307 g/mol. The average Bonchev–Trinajstić information content (AvgIpc) is 2.83. The van der Waals surface area contributed by atoms with Gasteiger partial charge in [0.1, 0.15) is 0 Å². The van der Waals surface area contributed by atoms with E-state index in [1.165, 1.54) is 0 Å². The van der Waals surface area contributed by atoms with E-state index in [0.717, 1.165) is 30.3 Å². The fraction of sp³-hybridized carbons (Fsp3) is 0.588. The molecule has 0 aliphatic carbocycles. The maximum atomic E-state index is 11.8. The van der Waals surface area contributed by atoms with Crippen molar-refractivity contribution in [3.8, 4) is 0 Å². The minimum atomic E-state index is -0.286. The monoisotopic (exact) mass is 307 g/mol. The number of aromatic nitrogens is 1. The third kappa shape index (κ3) is 3.78. The number of aryl methyl sites for hydroxylation is 2. The Bertz CT molecular complexity index is 638. The second-order valence-electron chi connectivity index (χ2n) is 5.11. The maximum Gasteiger partial charge on any atom is 0.419 e. The molecule has 1 aromatic carbocycles. The lowest BCUT2D eigenvalue weighted by Gasteiger charge is -2.16. The highest BCUT2D eigenvalue weighted by Crippen LogP contribution is 2.20. The van der Waals surface area contributed by atoms with Crippen LogP contribution in [0.1, 0.15) is 39.2 Å². The van der Waals surface area contributed by atoms with E-state index in [1.54, 1.807) is 4.57 Å². The summed E-state index contributed by atoms with van der Waals surface area (Å²) >= 11 is 0. The van der Waals surface area contributed by atoms with Gasteiger partial charge in [-0.1, -0.05) is 12.1 Å². The first-order valence-corrected chi connectivity index (χ1v) is 8.05. The molecule has 2 rings (SSSR count). The van der Waals surface area contributed by atoms with Crippen molar-refractivity contribution >= 4 is 11.1 Å². The zero-order valence-electron chi connectivity index (χ0n) is 13.6. The molecule has 122 valence electrons. The van der Waals surface area contributed by atoms with E-state index >= 15 is 0 Å². The molecule has 0 aliphatic heterocycles. The molecule has 0 atom stereocenters. The molecule has 22 heavy (non-hydrogen) atoms. The summed E-state index contributed by atoms with van der Waals surface area (Å²) in [5.41, 5.74) is 2.64. The predicted octanol–water partition coefficient (Wildman–Crippen LogP) is 3.34. The molecular weight excluding hydrogens is 282 g/mol. The topological polar surface area (TPSA) is 53.6 Å². The van der Waals surface area contributed by atoms with Crippen LogP contribution in [0.4, 0.5) is 0 Å². The van der Waals surface area contributed by atoms with E-state index in [9.17, 15) is 4.79 Å². The Balaban J connectivity index is 2.07. The Morgan fingerprint density at radius 1 is 1.18 bits per heavy atom. The summed E-state index contributed by atoms with van der Waals surface area (Å²) in [4.78, 5) is 11.8. The van der Waals surface area contributed by atoms with Crippen molar-refractivity contribution in [1.82, 2.24) is 4.57 Å². The van der Waals surface area contributed by atoms with Crippen molar-refractivity contribution in [1.29, 1.82) is 0 Å². The normalized spacial score (nSPS) is 11.6. The van der Waals surface area contributed by atoms with Gasteiger partial charge in [0.2, 0.25) is 0 Å². The minimum Gasteiger partial charge on any atom is -0.407 e. The van der Waals surface area contributed by atoms with Crippen LogP contribution in [0.25, 0.3) is 11.1 Å². The molecule has 0 saturated heterocycles. The van der Waals surface area contributed by atoms with Gasteiger partial charge in [-0.25, -0.2) is 4.79 Å². The van der Waals surface area contributed by atoms with Gasteiger partial charge in [-0.05, 0) is 51.7 Å². The first kappa shape index (κ1) is 16.8. The molecule has 2 aromatic rings. The van der Waals surface area contributed by atoms with E-state index in [-0.39, 0.29) is 12.0 Å². The van der Waals surface area contributed by atoms with Gasteiger partial charge in [0.15, 0.2) is 11.9 Å². The van der Waals surface area contributed by atoms with Gasteiger partial charge in [0.25, 0.3) is 0 Å². The first-order chi connectivity index (χ1) is 10.7. The van der Waals surface area contributed by atoms with Crippen LogP contribution in [0, 0.1) is 0 Å². The van der Waals surface area contributed by atoms with E-state index < -0.39 is 0 Å². The Hall–Kier alpha value is -1.59. The zero-order chi connectivity index (χ0) is 15.9. The minimum absolute atomic E-state index is 0.151. The molecule has 0 spiro atoms. The van der Waals surface area contributed by atoms with Gasteiger partial charge >= 0.3 is 5.76 Å². The maximum absolute atomic E-state index is 11.8. The van der Waals surface area contributed by atoms with Crippen molar-refractivity contribution in [2.75, 3.05) is 13.2 Å². The van der Waals surface area contributed by atoms with Gasteiger partial charge in [-0.15, -0.1) is 0 Å². The van der Waals surface area contributed by atoms with Crippen LogP contribution in [0.5, 0.6) is 0 Å². The SMILES string of the molecule is CCOC(CCCc1cccc2c1oc(=O)n2CC)OCC. The smallest absolute Gasteiger partial charge is 0.407 e. The first-order valence-electron chi connectivity index (χ1n) is 8.05. The third-order valence-corrected chi connectivity index (χ3v) is 3.68. The van der Waals surface area contributed by atoms with Crippen molar-refractivity contribution in [3.05, 3.63) is 34.3 Å². The number of hydrogen-bond donors (Lipinski definition) is 0. The zero-order valence-corrected chi connectivity index (χ0v) is 13.6. The summed E-state index contributed by atoms with van der Waals surface area (Å²) in [5.74, 6) is -0.286. The number of nitrogens with zero attached hydrogens (tertiary/aromatic N) is 1. The Labute approximate surface area is 130 Å². The van der Waals surface area contributed by atoms with Gasteiger partial charge in [-0.3, -0.25) is 4.57 Å².